The van der Waals surface area contributed by atoms with Crippen LogP contribution in [0.25, 0.3) is 22.6 Å². The molecule has 1 saturated carbocycles. The minimum absolute atomic E-state index is 0.0266. The van der Waals surface area contributed by atoms with Crippen LogP contribution in [0.4, 0.5) is 19.0 Å². The molecule has 1 aliphatic rings. The second-order valence-corrected chi connectivity index (χ2v) is 11.9. The molecule has 40 heavy (non-hydrogen) atoms. The zero-order valence-corrected chi connectivity index (χ0v) is 22.8. The number of nitrogens with one attached hydrogen (secondary N) is 1. The SMILES string of the molecule is Cc1ncnc(C2CC2)c1-c1nc(C)c2nc(NCc3ccc([S+](C)(=O)O)cn3)c(=O)n([C@@H](C)C(F)(F)F)c2n1. The van der Waals surface area contributed by atoms with Crippen molar-refractivity contribution in [3.8, 4) is 11.4 Å². The van der Waals surface area contributed by atoms with Crippen molar-refractivity contribution in [2.45, 2.75) is 63.2 Å². The van der Waals surface area contributed by atoms with Crippen LogP contribution in [-0.2, 0) is 21.0 Å². The molecule has 4 aromatic heterocycles. The number of anilines is 1. The Morgan fingerprint density at radius 3 is 2.45 bits per heavy atom. The molecule has 0 aromatic carbocycles. The van der Waals surface area contributed by atoms with Crippen molar-refractivity contribution >= 4 is 27.2 Å². The van der Waals surface area contributed by atoms with Gasteiger partial charge in [-0.2, -0.15) is 17.7 Å². The number of rotatable bonds is 7. The van der Waals surface area contributed by atoms with E-state index in [-0.39, 0.29) is 45.9 Å². The fraction of sp³-hybridized carbons (Fsp3) is 0.400. The largest absolute Gasteiger partial charge is 0.409 e. The first kappa shape index (κ1) is 27.7. The van der Waals surface area contributed by atoms with Crippen molar-refractivity contribution < 1.29 is 21.9 Å². The van der Waals surface area contributed by atoms with Crippen LogP contribution in [0.3, 0.4) is 0 Å². The number of hydrogen-bond acceptors (Lipinski definition) is 9. The number of nitrogens with zero attached hydrogens (tertiary/aromatic N) is 7. The number of pyridine rings is 1. The van der Waals surface area contributed by atoms with Crippen LogP contribution in [0.1, 0.15) is 54.5 Å². The van der Waals surface area contributed by atoms with Gasteiger partial charge in [-0.15, -0.1) is 0 Å². The van der Waals surface area contributed by atoms with Gasteiger partial charge in [-0.1, -0.05) is 4.21 Å². The molecule has 4 heterocycles. The molecule has 0 aliphatic heterocycles. The van der Waals surface area contributed by atoms with Gasteiger partial charge in [0.1, 0.15) is 24.1 Å². The highest BCUT2D eigenvalue weighted by molar-refractivity contribution is 7.97. The van der Waals surface area contributed by atoms with Crippen LogP contribution >= 0.6 is 0 Å². The van der Waals surface area contributed by atoms with Crippen molar-refractivity contribution in [1.82, 2.24) is 34.5 Å². The predicted molar refractivity (Wildman–Crippen MR) is 141 cm³/mol. The molecular weight excluding hydrogens is 549 g/mol. The summed E-state index contributed by atoms with van der Waals surface area (Å²) in [6.45, 7) is 4.15. The van der Waals surface area contributed by atoms with Crippen molar-refractivity contribution in [2.75, 3.05) is 11.6 Å². The van der Waals surface area contributed by atoms with Gasteiger partial charge in [0, 0.05) is 5.92 Å². The van der Waals surface area contributed by atoms with Crippen molar-refractivity contribution in [3.63, 3.8) is 0 Å². The summed E-state index contributed by atoms with van der Waals surface area (Å²) in [5.74, 6) is -0.00915. The van der Waals surface area contributed by atoms with E-state index in [0.29, 0.717) is 21.5 Å². The Bertz CT molecular complexity index is 1720. The maximum atomic E-state index is 14.0. The monoisotopic (exact) mass is 575 g/mol. The topological polar surface area (TPSA) is 149 Å². The van der Waals surface area contributed by atoms with Crippen LogP contribution in [0.2, 0.25) is 0 Å². The molecule has 1 aliphatic carbocycles. The third-order valence-corrected chi connectivity index (χ3v) is 7.82. The van der Waals surface area contributed by atoms with Gasteiger partial charge >= 0.3 is 6.18 Å². The van der Waals surface area contributed by atoms with Gasteiger partial charge in [0.15, 0.2) is 17.3 Å². The van der Waals surface area contributed by atoms with E-state index >= 15 is 0 Å². The average Bonchev–Trinajstić information content (AvgIpc) is 3.72. The summed E-state index contributed by atoms with van der Waals surface area (Å²) in [6.07, 6.45) is 0.916. The molecule has 0 saturated heterocycles. The Labute approximate surface area is 227 Å². The Kier molecular flexibility index (Phi) is 6.90. The van der Waals surface area contributed by atoms with E-state index in [0.717, 1.165) is 31.7 Å². The maximum absolute atomic E-state index is 14.0. The molecule has 5 rings (SSSR count). The molecule has 0 spiro atoms. The minimum atomic E-state index is -4.76. The lowest BCUT2D eigenvalue weighted by Crippen LogP contribution is -2.35. The molecule has 0 bridgehead atoms. The van der Waals surface area contributed by atoms with Crippen molar-refractivity contribution in [2.24, 2.45) is 0 Å². The lowest BCUT2D eigenvalue weighted by Gasteiger charge is -2.22. The van der Waals surface area contributed by atoms with Gasteiger partial charge in [0.25, 0.3) is 5.56 Å². The Morgan fingerprint density at radius 1 is 1.12 bits per heavy atom. The number of alkyl halides is 3. The molecule has 2 atom stereocenters. The van der Waals surface area contributed by atoms with Crippen molar-refractivity contribution in [1.29, 1.82) is 0 Å². The molecule has 210 valence electrons. The number of fused-ring (bicyclic) bond motifs is 1. The quantitative estimate of drug-likeness (QED) is 0.307. The molecule has 1 unspecified atom stereocenters. The number of aromatic nitrogens is 7. The van der Waals surface area contributed by atoms with Gasteiger partial charge in [-0.05, 0) is 45.7 Å². The predicted octanol–water partition coefficient (Wildman–Crippen LogP) is 4.23. The molecule has 0 radical (unpaired) electrons. The Hall–Kier alpha value is -3.85. The zero-order chi connectivity index (χ0) is 29.0. The Morgan fingerprint density at radius 2 is 1.85 bits per heavy atom. The molecule has 4 aromatic rings. The van der Waals surface area contributed by atoms with E-state index in [9.17, 15) is 26.7 Å². The number of hydrogen-bond donors (Lipinski definition) is 2. The lowest BCUT2D eigenvalue weighted by molar-refractivity contribution is -0.162. The molecule has 11 nitrogen and oxygen atoms in total. The van der Waals surface area contributed by atoms with E-state index in [1.54, 1.807) is 13.8 Å². The third-order valence-electron chi connectivity index (χ3n) is 6.70. The van der Waals surface area contributed by atoms with Crippen LogP contribution in [0.5, 0.6) is 0 Å². The first-order chi connectivity index (χ1) is 18.8. The fourth-order valence-electron chi connectivity index (χ4n) is 4.30. The van der Waals surface area contributed by atoms with Gasteiger partial charge < -0.3 is 5.32 Å². The summed E-state index contributed by atoms with van der Waals surface area (Å²) in [4.78, 5) is 39.6. The van der Waals surface area contributed by atoms with Gasteiger partial charge in [0.2, 0.25) is 15.1 Å². The van der Waals surface area contributed by atoms with E-state index in [2.05, 4.69) is 35.2 Å². The second kappa shape index (κ2) is 9.96. The maximum Gasteiger partial charge on any atom is 0.409 e. The van der Waals surface area contributed by atoms with Crippen molar-refractivity contribution in [3.05, 3.63) is 57.8 Å². The normalized spacial score (nSPS) is 16.1. The zero-order valence-electron chi connectivity index (χ0n) is 22.0. The van der Waals surface area contributed by atoms with Crippen LogP contribution in [0, 0.1) is 13.8 Å². The molecule has 0 amide bonds. The van der Waals surface area contributed by atoms with E-state index < -0.39 is 28.0 Å². The second-order valence-electron chi connectivity index (χ2n) is 9.79. The van der Waals surface area contributed by atoms with E-state index in [1.807, 2.05) is 0 Å². The van der Waals surface area contributed by atoms with E-state index in [1.165, 1.54) is 24.7 Å². The first-order valence-corrected chi connectivity index (χ1v) is 14.3. The third kappa shape index (κ3) is 5.30. The van der Waals surface area contributed by atoms with E-state index in [4.69, 9.17) is 0 Å². The Balaban J connectivity index is 1.63. The fourth-order valence-corrected chi connectivity index (χ4v) is 4.87. The highest BCUT2D eigenvalue weighted by Crippen LogP contribution is 2.43. The smallest absolute Gasteiger partial charge is 0.360 e. The summed E-state index contributed by atoms with van der Waals surface area (Å²) in [5, 5.41) is 2.76. The standard InChI is InChI=1S/C25H25F3N8O3S/c1-12-18(20(15-5-6-15)32-11-31-12)21-33-13(2)19-23(35-21)36(14(3)25(26,27)28)24(37)22(34-19)30-9-16-7-8-17(10-29-16)40(4,38)39/h7-8,10-11,14-15H,5-6,9H2,1-4H3,(H-,30,34,38,39)/p+1/t14-/m0/s1. The van der Waals surface area contributed by atoms with Crippen LogP contribution < -0.4 is 10.9 Å². The highest BCUT2D eigenvalue weighted by atomic mass is 32.3. The van der Waals surface area contributed by atoms with Gasteiger partial charge in [-0.3, -0.25) is 14.3 Å². The highest BCUT2D eigenvalue weighted by Gasteiger charge is 2.40. The molecule has 1 fully saturated rings. The molecule has 15 heteroatoms. The summed E-state index contributed by atoms with van der Waals surface area (Å²) in [7, 11) is -3.21. The summed E-state index contributed by atoms with van der Waals surface area (Å²) in [5.41, 5.74) is 1.26. The summed E-state index contributed by atoms with van der Waals surface area (Å²) >= 11 is 0. The minimum Gasteiger partial charge on any atom is -0.360 e. The lowest BCUT2D eigenvalue weighted by atomic mass is 10.1. The van der Waals surface area contributed by atoms with Gasteiger partial charge in [-0.25, -0.2) is 24.9 Å². The summed E-state index contributed by atoms with van der Waals surface area (Å²) in [6, 6.07) is 0.667. The first-order valence-electron chi connectivity index (χ1n) is 12.4. The molecule has 2 N–H and O–H groups in total. The summed E-state index contributed by atoms with van der Waals surface area (Å²) < 4.78 is 64.0. The number of halogens is 3. The number of aryl methyl sites for hydroxylation is 2. The molecular formula is C25H26F3N8O3S+. The van der Waals surface area contributed by atoms with Crippen LogP contribution in [-0.4, -0.2) is 51.5 Å². The average molecular weight is 576 g/mol. The van der Waals surface area contributed by atoms with Crippen LogP contribution in [0.15, 0.2) is 34.3 Å². The van der Waals surface area contributed by atoms with Gasteiger partial charge in [0.05, 0.1) is 41.1 Å².